The van der Waals surface area contributed by atoms with E-state index in [1.165, 1.54) is 6.07 Å². The summed E-state index contributed by atoms with van der Waals surface area (Å²) in [6.07, 6.45) is 1.78. The second-order valence-electron chi connectivity index (χ2n) is 3.05. The molecule has 0 radical (unpaired) electrons. The molecular formula is C9H12N2O2. The highest BCUT2D eigenvalue weighted by Crippen LogP contribution is 2.15. The van der Waals surface area contributed by atoms with Gasteiger partial charge in [-0.2, -0.15) is 0 Å². The maximum Gasteiger partial charge on any atom is 0.247 e. The van der Waals surface area contributed by atoms with E-state index in [2.05, 4.69) is 10.3 Å². The molecule has 0 saturated carbocycles. The molecule has 1 aromatic heterocycles. The molecule has 1 unspecified atom stereocenters. The van der Waals surface area contributed by atoms with Crippen molar-refractivity contribution < 1.29 is 4.74 Å². The molecule has 1 fully saturated rings. The van der Waals surface area contributed by atoms with Crippen LogP contribution in [0.25, 0.3) is 0 Å². The van der Waals surface area contributed by atoms with E-state index in [9.17, 15) is 4.79 Å². The van der Waals surface area contributed by atoms with Gasteiger partial charge in [-0.15, -0.1) is 0 Å². The Balaban J connectivity index is 2.14. The first-order valence-corrected chi connectivity index (χ1v) is 4.37. The maximum absolute atomic E-state index is 10.8. The number of ether oxygens (including phenoxy) is 1. The Kier molecular flexibility index (Phi) is 2.42. The van der Waals surface area contributed by atoms with Crippen molar-refractivity contribution in [2.75, 3.05) is 19.7 Å². The Bertz CT molecular complexity index is 308. The molecule has 0 aliphatic carbocycles. The van der Waals surface area contributed by atoms with E-state index in [1.807, 2.05) is 0 Å². The smallest absolute Gasteiger partial charge is 0.247 e. The highest BCUT2D eigenvalue weighted by molar-refractivity contribution is 5.13. The van der Waals surface area contributed by atoms with Crippen LogP contribution in [0.2, 0.25) is 0 Å². The highest BCUT2D eigenvalue weighted by atomic mass is 16.5. The van der Waals surface area contributed by atoms with Gasteiger partial charge in [0, 0.05) is 25.4 Å². The Morgan fingerprint density at radius 2 is 2.38 bits per heavy atom. The second kappa shape index (κ2) is 3.72. The predicted molar refractivity (Wildman–Crippen MR) is 48.6 cm³/mol. The zero-order valence-electron chi connectivity index (χ0n) is 7.25. The van der Waals surface area contributed by atoms with Crippen LogP contribution >= 0.6 is 0 Å². The fraction of sp³-hybridized carbons (Fsp3) is 0.444. The van der Waals surface area contributed by atoms with Crippen LogP contribution in [0.3, 0.4) is 0 Å². The predicted octanol–water partition coefficient (Wildman–Crippen LogP) is 0.0358. The van der Waals surface area contributed by atoms with Gasteiger partial charge in [0.2, 0.25) is 5.56 Å². The topological polar surface area (TPSA) is 54.1 Å². The fourth-order valence-corrected chi connectivity index (χ4v) is 1.40. The molecule has 1 aliphatic heterocycles. The van der Waals surface area contributed by atoms with Crippen molar-refractivity contribution in [1.82, 2.24) is 10.3 Å². The lowest BCUT2D eigenvalue weighted by Crippen LogP contribution is -2.33. The minimum absolute atomic E-state index is 0.0746. The Hall–Kier alpha value is -1.13. The monoisotopic (exact) mass is 180 g/mol. The summed E-state index contributed by atoms with van der Waals surface area (Å²) in [4.78, 5) is 13.4. The second-order valence-corrected chi connectivity index (χ2v) is 3.05. The zero-order valence-corrected chi connectivity index (χ0v) is 7.25. The van der Waals surface area contributed by atoms with Gasteiger partial charge >= 0.3 is 0 Å². The molecule has 0 amide bonds. The van der Waals surface area contributed by atoms with Gasteiger partial charge in [0.1, 0.15) is 0 Å². The third kappa shape index (κ3) is 1.96. The van der Waals surface area contributed by atoms with Crippen LogP contribution in [-0.4, -0.2) is 24.7 Å². The number of aromatic nitrogens is 1. The summed E-state index contributed by atoms with van der Waals surface area (Å²) in [7, 11) is 0. The summed E-state index contributed by atoms with van der Waals surface area (Å²) in [5, 5.41) is 3.23. The van der Waals surface area contributed by atoms with E-state index < -0.39 is 0 Å². The third-order valence-corrected chi connectivity index (χ3v) is 2.11. The van der Waals surface area contributed by atoms with Crippen molar-refractivity contribution in [1.29, 1.82) is 0 Å². The van der Waals surface area contributed by atoms with Crippen molar-refractivity contribution in [2.24, 2.45) is 0 Å². The van der Waals surface area contributed by atoms with Crippen LogP contribution < -0.4 is 10.9 Å². The summed E-state index contributed by atoms with van der Waals surface area (Å²) in [6, 6.07) is 3.32. The molecule has 2 heterocycles. The number of pyridine rings is 1. The van der Waals surface area contributed by atoms with Crippen LogP contribution in [0.1, 0.15) is 11.7 Å². The average molecular weight is 180 g/mol. The van der Waals surface area contributed by atoms with E-state index in [0.717, 1.165) is 25.3 Å². The fourth-order valence-electron chi connectivity index (χ4n) is 1.40. The quantitative estimate of drug-likeness (QED) is 0.641. The van der Waals surface area contributed by atoms with Crippen LogP contribution in [0.15, 0.2) is 23.1 Å². The third-order valence-electron chi connectivity index (χ3n) is 2.11. The number of hydrogen-bond acceptors (Lipinski definition) is 3. The van der Waals surface area contributed by atoms with Gasteiger partial charge < -0.3 is 15.0 Å². The van der Waals surface area contributed by atoms with Gasteiger partial charge in [0.15, 0.2) is 0 Å². The van der Waals surface area contributed by atoms with Crippen molar-refractivity contribution in [3.05, 3.63) is 34.2 Å². The molecule has 4 nitrogen and oxygen atoms in total. The van der Waals surface area contributed by atoms with Crippen LogP contribution in [0.4, 0.5) is 0 Å². The van der Waals surface area contributed by atoms with E-state index in [4.69, 9.17) is 4.74 Å². The number of H-pyrrole nitrogens is 1. The van der Waals surface area contributed by atoms with E-state index in [0.29, 0.717) is 0 Å². The molecule has 0 spiro atoms. The lowest BCUT2D eigenvalue weighted by molar-refractivity contribution is 0.0275. The van der Waals surface area contributed by atoms with Crippen molar-refractivity contribution in [2.45, 2.75) is 6.10 Å². The molecule has 0 bridgehead atoms. The summed E-state index contributed by atoms with van der Waals surface area (Å²) in [5.41, 5.74) is 0.944. The molecular weight excluding hydrogens is 168 g/mol. The molecule has 2 N–H and O–H groups in total. The normalized spacial score (nSPS) is 22.9. The molecule has 1 saturated heterocycles. The molecule has 4 heteroatoms. The highest BCUT2D eigenvalue weighted by Gasteiger charge is 2.14. The van der Waals surface area contributed by atoms with Gasteiger partial charge in [-0.3, -0.25) is 4.79 Å². The Morgan fingerprint density at radius 1 is 1.46 bits per heavy atom. The Labute approximate surface area is 75.9 Å². The number of nitrogens with one attached hydrogen (secondary N) is 2. The molecule has 2 rings (SSSR count). The SMILES string of the molecule is O=c1ccc(C2CNCCO2)c[nH]1. The molecule has 70 valence electrons. The lowest BCUT2D eigenvalue weighted by atomic mass is 10.1. The minimum Gasteiger partial charge on any atom is -0.371 e. The van der Waals surface area contributed by atoms with Crippen molar-refractivity contribution in [3.63, 3.8) is 0 Å². The van der Waals surface area contributed by atoms with Crippen LogP contribution in [-0.2, 0) is 4.74 Å². The molecule has 13 heavy (non-hydrogen) atoms. The number of rotatable bonds is 1. The summed E-state index contributed by atoms with van der Waals surface area (Å²) >= 11 is 0. The minimum atomic E-state index is -0.0764. The Morgan fingerprint density at radius 3 is 3.00 bits per heavy atom. The number of aromatic amines is 1. The first-order chi connectivity index (χ1) is 6.36. The van der Waals surface area contributed by atoms with Gasteiger partial charge in [0.25, 0.3) is 0 Å². The number of morpholine rings is 1. The standard InChI is InChI=1S/C9H12N2O2/c12-9-2-1-7(5-11-9)8-6-10-3-4-13-8/h1-2,5,8,10H,3-4,6H2,(H,11,12). The first-order valence-electron chi connectivity index (χ1n) is 4.37. The van der Waals surface area contributed by atoms with Crippen molar-refractivity contribution in [3.8, 4) is 0 Å². The number of hydrogen-bond donors (Lipinski definition) is 2. The molecule has 0 aromatic carbocycles. The lowest BCUT2D eigenvalue weighted by Gasteiger charge is -2.23. The van der Waals surface area contributed by atoms with Gasteiger partial charge in [-0.25, -0.2) is 0 Å². The molecule has 1 aromatic rings. The van der Waals surface area contributed by atoms with Gasteiger partial charge in [-0.1, -0.05) is 0 Å². The largest absolute Gasteiger partial charge is 0.371 e. The van der Waals surface area contributed by atoms with E-state index in [1.54, 1.807) is 12.3 Å². The zero-order chi connectivity index (χ0) is 9.10. The maximum atomic E-state index is 10.8. The van der Waals surface area contributed by atoms with E-state index >= 15 is 0 Å². The summed E-state index contributed by atoms with van der Waals surface area (Å²) < 4.78 is 5.52. The average Bonchev–Trinajstić information content (AvgIpc) is 2.20. The summed E-state index contributed by atoms with van der Waals surface area (Å²) in [5.74, 6) is 0. The van der Waals surface area contributed by atoms with Gasteiger partial charge in [0.05, 0.1) is 12.7 Å². The molecule has 1 atom stereocenters. The van der Waals surface area contributed by atoms with Crippen LogP contribution in [0, 0.1) is 0 Å². The molecule has 1 aliphatic rings. The van der Waals surface area contributed by atoms with E-state index in [-0.39, 0.29) is 11.7 Å². The van der Waals surface area contributed by atoms with Crippen LogP contribution in [0.5, 0.6) is 0 Å². The van der Waals surface area contributed by atoms with Crippen molar-refractivity contribution >= 4 is 0 Å². The first kappa shape index (κ1) is 8.47. The summed E-state index contributed by atoms with van der Waals surface area (Å²) in [6.45, 7) is 2.44. The van der Waals surface area contributed by atoms with Gasteiger partial charge in [-0.05, 0) is 11.6 Å².